The van der Waals surface area contributed by atoms with Crippen LogP contribution in [0.5, 0.6) is 0 Å². The smallest absolute Gasteiger partial charge is 0.174 e. The second-order valence-corrected chi connectivity index (χ2v) is 2.57. The first-order valence-electron chi connectivity index (χ1n) is 3.95. The van der Waals surface area contributed by atoms with Gasteiger partial charge in [-0.05, 0) is 0 Å². The van der Waals surface area contributed by atoms with Gasteiger partial charge in [-0.3, -0.25) is 0 Å². The topological polar surface area (TPSA) is 106 Å². The molecule has 0 amide bonds. The van der Waals surface area contributed by atoms with Crippen molar-refractivity contribution in [3.8, 4) is 0 Å². The van der Waals surface area contributed by atoms with Crippen molar-refractivity contribution >= 4 is 16.9 Å². The van der Waals surface area contributed by atoms with E-state index in [1.165, 1.54) is 0 Å². The van der Waals surface area contributed by atoms with Gasteiger partial charge >= 0.3 is 0 Å². The molecule has 0 aliphatic rings. The number of hydrogen-bond donors (Lipinski definition) is 4. The Kier molecular flexibility index (Phi) is 2.13. The molecule has 0 saturated heterocycles. The summed E-state index contributed by atoms with van der Waals surface area (Å²) in [5, 5.41) is 7.42. The third-order valence-electron chi connectivity index (χ3n) is 1.69. The summed E-state index contributed by atoms with van der Waals surface area (Å²) in [4.78, 5) is 4.08. The lowest BCUT2D eigenvalue weighted by atomic mass is 10.4. The number of aromatic nitrogens is 4. The first-order valence-corrected chi connectivity index (χ1v) is 3.95. The highest BCUT2D eigenvalue weighted by atomic mass is 15.7. The van der Waals surface area contributed by atoms with Gasteiger partial charge in [0.2, 0.25) is 0 Å². The van der Waals surface area contributed by atoms with Gasteiger partial charge in [-0.15, -0.1) is 5.10 Å². The molecule has 2 aromatic rings. The molecular weight excluding hydrogens is 184 g/mol. The number of hydrazine groups is 2. The number of fused-ring (bicyclic) bond motifs is 1. The van der Waals surface area contributed by atoms with Crippen molar-refractivity contribution in [1.82, 2.24) is 30.8 Å². The van der Waals surface area contributed by atoms with E-state index in [0.29, 0.717) is 11.3 Å². The van der Waals surface area contributed by atoms with Crippen LogP contribution in [-0.4, -0.2) is 26.9 Å². The number of nitrogen functional groups attached to an aromatic ring is 1. The number of imidazole rings is 1. The van der Waals surface area contributed by atoms with Crippen LogP contribution < -0.4 is 22.2 Å². The van der Waals surface area contributed by atoms with Crippen LogP contribution in [0.1, 0.15) is 0 Å². The fraction of sp³-hybridized carbons (Fsp3) is 0.167. The van der Waals surface area contributed by atoms with E-state index in [1.807, 2.05) is 0 Å². The summed E-state index contributed by atoms with van der Waals surface area (Å²) in [6, 6.07) is 0. The van der Waals surface area contributed by atoms with E-state index in [9.17, 15) is 0 Å². The second kappa shape index (κ2) is 3.44. The van der Waals surface area contributed by atoms with Crippen LogP contribution in [0.4, 0.5) is 5.82 Å². The molecule has 0 spiro atoms. The lowest BCUT2D eigenvalue weighted by molar-refractivity contribution is 0.604. The van der Waals surface area contributed by atoms with Crippen LogP contribution in [0.2, 0.25) is 0 Å². The molecule has 14 heavy (non-hydrogen) atoms. The fourth-order valence-electron chi connectivity index (χ4n) is 1.08. The Morgan fingerprint density at radius 1 is 1.50 bits per heavy atom. The second-order valence-electron chi connectivity index (χ2n) is 2.57. The highest BCUT2D eigenvalue weighted by molar-refractivity contribution is 5.83. The fourth-order valence-corrected chi connectivity index (χ4v) is 1.08. The van der Waals surface area contributed by atoms with Crippen LogP contribution in [0.15, 0.2) is 12.5 Å². The van der Waals surface area contributed by atoms with Gasteiger partial charge in [0.1, 0.15) is 17.4 Å². The van der Waals surface area contributed by atoms with Crippen LogP contribution in [0.3, 0.4) is 0 Å². The summed E-state index contributed by atoms with van der Waals surface area (Å²) < 4.78 is 1.64. The standard InChI is InChI=1S/C6H10N8/c1-8-12-13-14-3-9-5-4(14)2-10-11-6(5)7/h2-3,8,12-13H,1H3,(H2,7,11). The SMILES string of the molecule is CNNNn1cnc2c(N)nncc21. The van der Waals surface area contributed by atoms with Crippen molar-refractivity contribution < 1.29 is 0 Å². The first kappa shape index (κ1) is 8.66. The maximum Gasteiger partial charge on any atom is 0.174 e. The molecule has 8 nitrogen and oxygen atoms in total. The lowest BCUT2D eigenvalue weighted by Gasteiger charge is -2.07. The Labute approximate surface area is 79.4 Å². The Morgan fingerprint density at radius 3 is 3.14 bits per heavy atom. The largest absolute Gasteiger partial charge is 0.380 e. The summed E-state index contributed by atoms with van der Waals surface area (Å²) in [5.74, 6) is 0.313. The van der Waals surface area contributed by atoms with Crippen molar-refractivity contribution in [2.45, 2.75) is 0 Å². The molecule has 0 saturated carbocycles. The maximum atomic E-state index is 5.58. The molecule has 0 fully saturated rings. The molecular formula is C6H10N8. The molecule has 74 valence electrons. The monoisotopic (exact) mass is 194 g/mol. The van der Waals surface area contributed by atoms with Crippen LogP contribution in [0, 0.1) is 0 Å². The van der Waals surface area contributed by atoms with Crippen LogP contribution in [0.25, 0.3) is 11.0 Å². The zero-order chi connectivity index (χ0) is 9.97. The molecule has 8 heteroatoms. The average Bonchev–Trinajstić information content (AvgIpc) is 2.60. The minimum absolute atomic E-state index is 0.313. The number of hydrogen-bond acceptors (Lipinski definition) is 7. The number of anilines is 1. The van der Waals surface area contributed by atoms with Crippen molar-refractivity contribution in [1.29, 1.82) is 0 Å². The summed E-state index contributed by atoms with van der Waals surface area (Å²) in [6.07, 6.45) is 3.15. The van der Waals surface area contributed by atoms with Crippen molar-refractivity contribution in [2.24, 2.45) is 0 Å². The van der Waals surface area contributed by atoms with Gasteiger partial charge in [0.25, 0.3) is 0 Å². The van der Waals surface area contributed by atoms with E-state index in [1.54, 1.807) is 24.2 Å². The third-order valence-corrected chi connectivity index (χ3v) is 1.69. The molecule has 0 bridgehead atoms. The predicted molar refractivity (Wildman–Crippen MR) is 51.3 cm³/mol. The Morgan fingerprint density at radius 2 is 2.36 bits per heavy atom. The molecule has 2 aromatic heterocycles. The van der Waals surface area contributed by atoms with E-state index in [2.05, 4.69) is 31.7 Å². The summed E-state index contributed by atoms with van der Waals surface area (Å²) in [7, 11) is 1.74. The zero-order valence-corrected chi connectivity index (χ0v) is 7.52. The molecule has 2 rings (SSSR count). The summed E-state index contributed by atoms with van der Waals surface area (Å²) in [6.45, 7) is 0. The molecule has 0 unspecified atom stereocenters. The van der Waals surface area contributed by atoms with Gasteiger partial charge in [0.05, 0.1) is 6.20 Å². The van der Waals surface area contributed by atoms with E-state index >= 15 is 0 Å². The molecule has 0 aliphatic carbocycles. The molecule has 2 heterocycles. The third kappa shape index (κ3) is 1.32. The quantitative estimate of drug-likeness (QED) is 0.445. The van der Waals surface area contributed by atoms with Crippen molar-refractivity contribution in [3.63, 3.8) is 0 Å². The zero-order valence-electron chi connectivity index (χ0n) is 7.52. The van der Waals surface area contributed by atoms with E-state index in [0.717, 1.165) is 5.52 Å². The van der Waals surface area contributed by atoms with E-state index < -0.39 is 0 Å². The first-order chi connectivity index (χ1) is 6.83. The molecule has 0 aliphatic heterocycles. The molecule has 0 atom stereocenters. The van der Waals surface area contributed by atoms with E-state index in [4.69, 9.17) is 5.73 Å². The molecule has 0 radical (unpaired) electrons. The Bertz CT molecular complexity index is 434. The van der Waals surface area contributed by atoms with Gasteiger partial charge in [0, 0.05) is 7.05 Å². The molecule has 0 aromatic carbocycles. The number of nitrogens with two attached hydrogens (primary N) is 1. The number of nitrogens with zero attached hydrogens (tertiary/aromatic N) is 4. The summed E-state index contributed by atoms with van der Waals surface area (Å²) >= 11 is 0. The average molecular weight is 194 g/mol. The van der Waals surface area contributed by atoms with Gasteiger partial charge in [-0.25, -0.2) is 20.6 Å². The van der Waals surface area contributed by atoms with Gasteiger partial charge in [-0.1, -0.05) is 0 Å². The van der Waals surface area contributed by atoms with E-state index in [-0.39, 0.29) is 0 Å². The van der Waals surface area contributed by atoms with Crippen LogP contribution >= 0.6 is 0 Å². The Hall–Kier alpha value is -1.93. The van der Waals surface area contributed by atoms with Gasteiger partial charge in [0.15, 0.2) is 5.82 Å². The molecule has 5 N–H and O–H groups in total. The highest BCUT2D eigenvalue weighted by Crippen LogP contribution is 2.13. The minimum atomic E-state index is 0.313. The number of nitrogens with one attached hydrogen (secondary N) is 3. The maximum absolute atomic E-state index is 5.58. The Balaban J connectivity index is 2.42. The minimum Gasteiger partial charge on any atom is -0.380 e. The lowest BCUT2D eigenvalue weighted by Crippen LogP contribution is -2.38. The van der Waals surface area contributed by atoms with Crippen molar-refractivity contribution in [2.75, 3.05) is 18.3 Å². The van der Waals surface area contributed by atoms with Gasteiger partial charge in [-0.2, -0.15) is 10.6 Å². The number of rotatable bonds is 3. The van der Waals surface area contributed by atoms with Crippen LogP contribution in [-0.2, 0) is 0 Å². The van der Waals surface area contributed by atoms with Crippen molar-refractivity contribution in [3.05, 3.63) is 12.5 Å². The normalized spacial score (nSPS) is 10.6. The summed E-state index contributed by atoms with van der Waals surface area (Å²) in [5.41, 5.74) is 15.2. The predicted octanol–water partition coefficient (Wildman–Crippen LogP) is -1.41. The highest BCUT2D eigenvalue weighted by Gasteiger charge is 2.05. The van der Waals surface area contributed by atoms with Gasteiger partial charge < -0.3 is 5.73 Å².